The van der Waals surface area contributed by atoms with E-state index in [-0.39, 0.29) is 18.4 Å². The first-order valence-electron chi connectivity index (χ1n) is 12.5. The summed E-state index contributed by atoms with van der Waals surface area (Å²) in [6.07, 6.45) is 0.445. The van der Waals surface area contributed by atoms with Crippen molar-refractivity contribution in [2.75, 3.05) is 19.7 Å². The fraction of sp³-hybridized carbons (Fsp3) is 0.483. The number of likely N-dealkylation sites (tertiary alicyclic amines) is 1. The molecular weight excluding hydrogens is 458 g/mol. The first-order valence-corrected chi connectivity index (χ1v) is 12.5. The zero-order chi connectivity index (χ0) is 26.6. The van der Waals surface area contributed by atoms with Crippen molar-refractivity contribution < 1.29 is 28.6 Å². The van der Waals surface area contributed by atoms with E-state index in [4.69, 9.17) is 14.2 Å². The molecule has 7 heteroatoms. The van der Waals surface area contributed by atoms with Crippen molar-refractivity contribution in [3.8, 4) is 11.5 Å². The monoisotopic (exact) mass is 495 g/mol. The Hall–Kier alpha value is -3.35. The SMILES string of the molecule is CCOC(=O)C(C)(C)Oc1c(C)cc([C@@H]2CN(C(=O)Oc3ccc(C(C)C)cc3)C[C@H]2C=O)cc1C. The van der Waals surface area contributed by atoms with Crippen LogP contribution in [0.5, 0.6) is 11.5 Å². The number of ether oxygens (including phenoxy) is 3. The van der Waals surface area contributed by atoms with E-state index < -0.39 is 17.7 Å². The molecule has 36 heavy (non-hydrogen) atoms. The summed E-state index contributed by atoms with van der Waals surface area (Å²) in [5.41, 5.74) is 2.66. The smallest absolute Gasteiger partial charge is 0.415 e. The largest absolute Gasteiger partial charge is 0.476 e. The molecular formula is C29H37NO6. The standard InChI is InChI=1S/C29H37NO6/c1-8-34-27(32)29(6,7)36-26-19(4)13-22(14-20(26)5)25-16-30(15-23(25)17-31)28(33)35-24-11-9-21(10-12-24)18(2)3/h9-14,17-18,23,25H,8,15-16H2,1-7H3/t23-,25-/m0/s1. The molecule has 1 amide bonds. The minimum atomic E-state index is -1.14. The lowest BCUT2D eigenvalue weighted by atomic mass is 9.88. The van der Waals surface area contributed by atoms with Crippen LogP contribution in [0.2, 0.25) is 0 Å². The van der Waals surface area contributed by atoms with E-state index in [1.807, 2.05) is 38.1 Å². The van der Waals surface area contributed by atoms with Crippen LogP contribution in [0.3, 0.4) is 0 Å². The number of carbonyl (C=O) groups excluding carboxylic acids is 3. The molecule has 1 saturated heterocycles. The van der Waals surface area contributed by atoms with Gasteiger partial charge in [0.25, 0.3) is 0 Å². The Morgan fingerprint density at radius 1 is 1.08 bits per heavy atom. The van der Waals surface area contributed by atoms with Gasteiger partial charge in [-0.3, -0.25) is 0 Å². The third-order valence-corrected chi connectivity index (χ3v) is 6.59. The molecule has 3 rings (SSSR count). The van der Waals surface area contributed by atoms with Gasteiger partial charge in [-0.15, -0.1) is 0 Å². The predicted octanol–water partition coefficient (Wildman–Crippen LogP) is 5.56. The lowest BCUT2D eigenvalue weighted by Gasteiger charge is -2.27. The van der Waals surface area contributed by atoms with Gasteiger partial charge in [0, 0.05) is 24.9 Å². The number of amides is 1. The molecule has 0 saturated carbocycles. The van der Waals surface area contributed by atoms with E-state index in [1.54, 1.807) is 37.8 Å². The van der Waals surface area contributed by atoms with E-state index in [2.05, 4.69) is 13.8 Å². The topological polar surface area (TPSA) is 82.1 Å². The maximum absolute atomic E-state index is 12.9. The Balaban J connectivity index is 1.75. The van der Waals surface area contributed by atoms with Crippen LogP contribution < -0.4 is 9.47 Å². The van der Waals surface area contributed by atoms with Gasteiger partial charge in [0.1, 0.15) is 17.8 Å². The van der Waals surface area contributed by atoms with E-state index in [0.717, 1.165) is 23.0 Å². The lowest BCUT2D eigenvalue weighted by Crippen LogP contribution is -2.40. The number of carbonyl (C=O) groups is 3. The molecule has 2 aromatic rings. The normalized spacial score (nSPS) is 17.7. The van der Waals surface area contributed by atoms with E-state index in [0.29, 0.717) is 30.5 Å². The molecule has 0 radical (unpaired) electrons. The van der Waals surface area contributed by atoms with Gasteiger partial charge in [0.15, 0.2) is 5.60 Å². The highest BCUT2D eigenvalue weighted by molar-refractivity contribution is 5.79. The predicted molar refractivity (Wildman–Crippen MR) is 138 cm³/mol. The van der Waals surface area contributed by atoms with Gasteiger partial charge >= 0.3 is 12.1 Å². The number of nitrogens with zero attached hydrogens (tertiary/aromatic N) is 1. The molecule has 7 nitrogen and oxygen atoms in total. The van der Waals surface area contributed by atoms with Crippen LogP contribution in [0.25, 0.3) is 0 Å². The molecule has 0 bridgehead atoms. The average Bonchev–Trinajstić information content (AvgIpc) is 3.26. The molecule has 1 aliphatic rings. The summed E-state index contributed by atoms with van der Waals surface area (Å²) in [5, 5.41) is 0. The highest BCUT2D eigenvalue weighted by Crippen LogP contribution is 2.37. The molecule has 0 aliphatic carbocycles. The number of aldehydes is 1. The second-order valence-electron chi connectivity index (χ2n) is 10.2. The van der Waals surface area contributed by atoms with Crippen molar-refractivity contribution in [3.63, 3.8) is 0 Å². The molecule has 0 aromatic heterocycles. The minimum absolute atomic E-state index is 0.164. The molecule has 0 unspecified atom stereocenters. The number of hydrogen-bond acceptors (Lipinski definition) is 6. The minimum Gasteiger partial charge on any atom is -0.476 e. The van der Waals surface area contributed by atoms with Crippen LogP contribution in [0.1, 0.15) is 68.7 Å². The average molecular weight is 496 g/mol. The van der Waals surface area contributed by atoms with Crippen LogP contribution in [0.4, 0.5) is 4.79 Å². The van der Waals surface area contributed by atoms with Gasteiger partial charge in [-0.2, -0.15) is 0 Å². The van der Waals surface area contributed by atoms with Gasteiger partial charge in [-0.1, -0.05) is 38.1 Å². The molecule has 1 aliphatic heterocycles. The Labute approximate surface area is 213 Å². The summed E-state index contributed by atoms with van der Waals surface area (Å²) in [6.45, 7) is 14.1. The molecule has 0 spiro atoms. The molecule has 2 aromatic carbocycles. The van der Waals surface area contributed by atoms with Crippen LogP contribution in [0.15, 0.2) is 36.4 Å². The molecule has 194 valence electrons. The fourth-order valence-corrected chi connectivity index (χ4v) is 4.52. The fourth-order valence-electron chi connectivity index (χ4n) is 4.52. The summed E-state index contributed by atoms with van der Waals surface area (Å²) < 4.78 is 16.8. The maximum Gasteiger partial charge on any atom is 0.415 e. The number of esters is 1. The van der Waals surface area contributed by atoms with Gasteiger partial charge < -0.3 is 23.9 Å². The van der Waals surface area contributed by atoms with Crippen LogP contribution >= 0.6 is 0 Å². The third-order valence-electron chi connectivity index (χ3n) is 6.59. The highest BCUT2D eigenvalue weighted by atomic mass is 16.6. The first-order chi connectivity index (χ1) is 17.0. The summed E-state index contributed by atoms with van der Waals surface area (Å²) in [5.74, 6) is 0.539. The first kappa shape index (κ1) is 27.2. The van der Waals surface area contributed by atoms with Crippen molar-refractivity contribution in [3.05, 3.63) is 58.7 Å². The molecule has 2 atom stereocenters. The van der Waals surface area contributed by atoms with Crippen molar-refractivity contribution in [1.29, 1.82) is 0 Å². The molecule has 0 N–H and O–H groups in total. The highest BCUT2D eigenvalue weighted by Gasteiger charge is 2.38. The second kappa shape index (κ2) is 11.1. The van der Waals surface area contributed by atoms with Gasteiger partial charge in [-0.05, 0) is 74.9 Å². The number of hydrogen-bond donors (Lipinski definition) is 0. The van der Waals surface area contributed by atoms with E-state index in [1.165, 1.54) is 5.56 Å². The van der Waals surface area contributed by atoms with Gasteiger partial charge in [-0.25, -0.2) is 9.59 Å². The molecule has 1 heterocycles. The van der Waals surface area contributed by atoms with Crippen molar-refractivity contribution in [2.24, 2.45) is 5.92 Å². The molecule has 1 fully saturated rings. The maximum atomic E-state index is 12.9. The summed E-state index contributed by atoms with van der Waals surface area (Å²) in [4.78, 5) is 38.7. The van der Waals surface area contributed by atoms with Crippen LogP contribution in [-0.4, -0.2) is 48.5 Å². The number of aryl methyl sites for hydroxylation is 2. The van der Waals surface area contributed by atoms with Crippen molar-refractivity contribution >= 4 is 18.3 Å². The second-order valence-corrected chi connectivity index (χ2v) is 10.2. The van der Waals surface area contributed by atoms with Crippen molar-refractivity contribution in [2.45, 2.75) is 65.9 Å². The lowest BCUT2D eigenvalue weighted by molar-refractivity contribution is -0.158. The van der Waals surface area contributed by atoms with E-state index >= 15 is 0 Å². The van der Waals surface area contributed by atoms with Crippen LogP contribution in [-0.2, 0) is 14.3 Å². The zero-order valence-corrected chi connectivity index (χ0v) is 22.3. The summed E-state index contributed by atoms with van der Waals surface area (Å²) >= 11 is 0. The summed E-state index contributed by atoms with van der Waals surface area (Å²) in [6, 6.07) is 11.4. The van der Waals surface area contributed by atoms with Gasteiger partial charge in [0.05, 0.1) is 6.61 Å². The van der Waals surface area contributed by atoms with E-state index in [9.17, 15) is 14.4 Å². The Morgan fingerprint density at radius 3 is 2.22 bits per heavy atom. The number of rotatable bonds is 8. The number of benzene rings is 2. The summed E-state index contributed by atoms with van der Waals surface area (Å²) in [7, 11) is 0. The van der Waals surface area contributed by atoms with Crippen molar-refractivity contribution in [1.82, 2.24) is 4.90 Å². The van der Waals surface area contributed by atoms with Gasteiger partial charge in [0.2, 0.25) is 0 Å². The Morgan fingerprint density at radius 2 is 1.69 bits per heavy atom. The Bertz CT molecular complexity index is 1080. The van der Waals surface area contributed by atoms with Crippen LogP contribution in [0, 0.1) is 19.8 Å². The quantitative estimate of drug-likeness (QED) is 0.352. The zero-order valence-electron chi connectivity index (χ0n) is 22.3. The Kier molecular flexibility index (Phi) is 8.43. The third kappa shape index (κ3) is 6.07.